The van der Waals surface area contributed by atoms with Crippen molar-refractivity contribution in [3.63, 3.8) is 0 Å². The van der Waals surface area contributed by atoms with E-state index in [1.807, 2.05) is 12.1 Å². The van der Waals surface area contributed by atoms with E-state index in [1.54, 1.807) is 12.1 Å². The summed E-state index contributed by atoms with van der Waals surface area (Å²) in [6.07, 6.45) is -0.0194. The minimum Gasteiger partial charge on any atom is -0.465 e. The number of anilines is 1. The first kappa shape index (κ1) is 14.0. The molecule has 1 aliphatic heterocycles. The molecule has 7 nitrogen and oxygen atoms in total. The molecule has 0 spiro atoms. The molecule has 7 heteroatoms. The molecule has 0 unspecified atom stereocenters. The van der Waals surface area contributed by atoms with Crippen molar-refractivity contribution in [1.29, 1.82) is 0 Å². The number of carboxylic acid groups (broad SMARTS) is 1. The minimum atomic E-state index is -0.980. The van der Waals surface area contributed by atoms with E-state index in [4.69, 9.17) is 16.0 Å². The average Bonchev–Trinajstić information content (AvgIpc) is 2.93. The fourth-order valence-electron chi connectivity index (χ4n) is 2.37. The van der Waals surface area contributed by atoms with Gasteiger partial charge in [-0.05, 0) is 36.6 Å². The second-order valence-corrected chi connectivity index (χ2v) is 4.82. The van der Waals surface area contributed by atoms with E-state index in [-0.39, 0.29) is 5.84 Å². The third-order valence-electron chi connectivity index (χ3n) is 3.46. The fourth-order valence-corrected chi connectivity index (χ4v) is 2.37. The number of amides is 1. The fraction of sp³-hybridized carbons (Fsp3) is 0.385. The summed E-state index contributed by atoms with van der Waals surface area (Å²) < 4.78 is 0. The topological polar surface area (TPSA) is 111 Å². The van der Waals surface area contributed by atoms with Gasteiger partial charge in [-0.2, -0.15) is 0 Å². The predicted molar refractivity (Wildman–Crippen MR) is 75.3 cm³/mol. The van der Waals surface area contributed by atoms with Crippen molar-refractivity contribution in [2.75, 3.05) is 24.5 Å². The smallest absolute Gasteiger partial charge is 0.404 e. The maximum Gasteiger partial charge on any atom is 0.404 e. The quantitative estimate of drug-likeness (QED) is 0.283. The second kappa shape index (κ2) is 6.14. The largest absolute Gasteiger partial charge is 0.465 e. The first-order valence-corrected chi connectivity index (χ1v) is 6.40. The van der Waals surface area contributed by atoms with Crippen LogP contribution in [0.1, 0.15) is 12.0 Å². The summed E-state index contributed by atoms with van der Waals surface area (Å²) in [6.45, 7) is 2.20. The van der Waals surface area contributed by atoms with Gasteiger partial charge < -0.3 is 26.3 Å². The van der Waals surface area contributed by atoms with E-state index >= 15 is 0 Å². The molecule has 1 heterocycles. The van der Waals surface area contributed by atoms with E-state index < -0.39 is 6.09 Å². The Kier molecular flexibility index (Phi) is 4.29. The van der Waals surface area contributed by atoms with Crippen molar-refractivity contribution in [1.82, 2.24) is 5.32 Å². The van der Waals surface area contributed by atoms with E-state index in [9.17, 15) is 4.79 Å². The third kappa shape index (κ3) is 3.31. The van der Waals surface area contributed by atoms with Crippen molar-refractivity contribution >= 4 is 17.6 Å². The highest BCUT2D eigenvalue weighted by atomic mass is 16.4. The van der Waals surface area contributed by atoms with Gasteiger partial charge in [-0.15, -0.1) is 0 Å². The first-order chi connectivity index (χ1) is 9.60. The van der Waals surface area contributed by atoms with Gasteiger partial charge in [-0.1, -0.05) is 5.16 Å². The lowest BCUT2D eigenvalue weighted by molar-refractivity contribution is 0.192. The summed E-state index contributed by atoms with van der Waals surface area (Å²) in [7, 11) is 0. The molecule has 1 aromatic carbocycles. The van der Waals surface area contributed by atoms with Crippen molar-refractivity contribution < 1.29 is 15.1 Å². The Balaban J connectivity index is 1.94. The first-order valence-electron chi connectivity index (χ1n) is 6.40. The predicted octanol–water partition coefficient (Wildman–Crippen LogP) is 0.875. The molecule has 0 bridgehead atoms. The van der Waals surface area contributed by atoms with Crippen LogP contribution in [0.4, 0.5) is 10.5 Å². The van der Waals surface area contributed by atoms with Gasteiger partial charge in [-0.3, -0.25) is 0 Å². The molecule has 1 aromatic rings. The zero-order valence-electron chi connectivity index (χ0n) is 11.0. The van der Waals surface area contributed by atoms with Crippen molar-refractivity contribution in [3.8, 4) is 0 Å². The number of carbonyl (C=O) groups is 1. The van der Waals surface area contributed by atoms with Gasteiger partial charge in [0.25, 0.3) is 0 Å². The lowest BCUT2D eigenvalue weighted by atomic mass is 10.1. The van der Waals surface area contributed by atoms with Gasteiger partial charge in [0, 0.05) is 30.9 Å². The number of nitrogens with zero attached hydrogens (tertiary/aromatic N) is 2. The molecule has 5 N–H and O–H groups in total. The summed E-state index contributed by atoms with van der Waals surface area (Å²) in [6, 6.07) is 7.43. The number of amidine groups is 1. The van der Waals surface area contributed by atoms with Crippen LogP contribution in [0.5, 0.6) is 0 Å². The van der Waals surface area contributed by atoms with Gasteiger partial charge in [0.05, 0.1) is 0 Å². The summed E-state index contributed by atoms with van der Waals surface area (Å²) in [4.78, 5) is 12.7. The monoisotopic (exact) mass is 278 g/mol. The maximum atomic E-state index is 10.5. The Morgan fingerprint density at radius 2 is 2.15 bits per heavy atom. The number of hydrogen-bond donors (Lipinski definition) is 4. The van der Waals surface area contributed by atoms with E-state index in [0.29, 0.717) is 18.0 Å². The van der Waals surface area contributed by atoms with Crippen LogP contribution in [0.25, 0.3) is 0 Å². The molecule has 108 valence electrons. The summed E-state index contributed by atoms with van der Waals surface area (Å²) in [5, 5.41) is 22.6. The third-order valence-corrected chi connectivity index (χ3v) is 3.46. The van der Waals surface area contributed by atoms with Gasteiger partial charge in [0.15, 0.2) is 5.84 Å². The standard InChI is InChI=1S/C13H18N4O3/c14-12(16-20)10-1-3-11(4-2-10)17-6-5-9(8-17)7-15-13(18)19/h1-4,9,15,20H,5-8H2,(H2,14,16)(H,18,19)/t9-/m1/s1. The molecule has 0 saturated carbocycles. The minimum absolute atomic E-state index is 0.0847. The lowest BCUT2D eigenvalue weighted by Gasteiger charge is -2.19. The molecule has 1 fully saturated rings. The highest BCUT2D eigenvalue weighted by Crippen LogP contribution is 2.23. The molecular formula is C13H18N4O3. The molecule has 0 aromatic heterocycles. The normalized spacial score (nSPS) is 19.1. The van der Waals surface area contributed by atoms with E-state index in [0.717, 1.165) is 25.2 Å². The SMILES string of the molecule is NC(=NO)c1ccc(N2CC[C@H](CNC(=O)O)C2)cc1. The average molecular weight is 278 g/mol. The number of nitrogens with two attached hydrogens (primary N) is 1. The summed E-state index contributed by atoms with van der Waals surface area (Å²) in [5.41, 5.74) is 7.23. The van der Waals surface area contributed by atoms with Crippen molar-refractivity contribution in [2.45, 2.75) is 6.42 Å². The molecule has 1 amide bonds. The Morgan fingerprint density at radius 1 is 1.45 bits per heavy atom. The van der Waals surface area contributed by atoms with E-state index in [1.165, 1.54) is 0 Å². The van der Waals surface area contributed by atoms with Crippen LogP contribution < -0.4 is 16.0 Å². The number of nitrogens with one attached hydrogen (secondary N) is 1. The number of benzene rings is 1. The van der Waals surface area contributed by atoms with Crippen LogP contribution >= 0.6 is 0 Å². The summed E-state index contributed by atoms with van der Waals surface area (Å²) in [5.74, 6) is 0.413. The second-order valence-electron chi connectivity index (χ2n) is 4.82. The molecule has 1 aliphatic rings. The molecule has 20 heavy (non-hydrogen) atoms. The van der Waals surface area contributed by atoms with Crippen LogP contribution in [0.15, 0.2) is 29.4 Å². The highest BCUT2D eigenvalue weighted by Gasteiger charge is 2.23. The zero-order valence-corrected chi connectivity index (χ0v) is 11.0. The van der Waals surface area contributed by atoms with Gasteiger partial charge >= 0.3 is 6.09 Å². The highest BCUT2D eigenvalue weighted by molar-refractivity contribution is 5.97. The van der Waals surface area contributed by atoms with Crippen LogP contribution in [0.3, 0.4) is 0 Å². The summed E-state index contributed by atoms with van der Waals surface area (Å²) >= 11 is 0. The zero-order chi connectivity index (χ0) is 14.5. The Morgan fingerprint density at radius 3 is 2.75 bits per heavy atom. The Hall–Kier alpha value is -2.44. The van der Waals surface area contributed by atoms with E-state index in [2.05, 4.69) is 15.4 Å². The molecular weight excluding hydrogens is 260 g/mol. The van der Waals surface area contributed by atoms with Gasteiger partial charge in [-0.25, -0.2) is 4.79 Å². The number of hydrogen-bond acceptors (Lipinski definition) is 4. The Labute approximate surface area is 116 Å². The molecule has 1 atom stereocenters. The maximum absolute atomic E-state index is 10.5. The van der Waals surface area contributed by atoms with Crippen LogP contribution in [0, 0.1) is 5.92 Å². The lowest BCUT2D eigenvalue weighted by Crippen LogP contribution is -2.29. The van der Waals surface area contributed by atoms with Crippen molar-refractivity contribution in [2.24, 2.45) is 16.8 Å². The van der Waals surface area contributed by atoms with Crippen molar-refractivity contribution in [3.05, 3.63) is 29.8 Å². The van der Waals surface area contributed by atoms with Crippen LogP contribution in [0.2, 0.25) is 0 Å². The van der Waals surface area contributed by atoms with Gasteiger partial charge in [0.1, 0.15) is 0 Å². The van der Waals surface area contributed by atoms with Crippen LogP contribution in [-0.4, -0.2) is 41.9 Å². The molecule has 1 saturated heterocycles. The number of rotatable bonds is 4. The van der Waals surface area contributed by atoms with Crippen LogP contribution in [-0.2, 0) is 0 Å². The molecule has 0 radical (unpaired) electrons. The number of oxime groups is 1. The Bertz CT molecular complexity index is 501. The van der Waals surface area contributed by atoms with Gasteiger partial charge in [0.2, 0.25) is 0 Å². The molecule has 0 aliphatic carbocycles. The molecule has 2 rings (SSSR count).